The maximum absolute atomic E-state index is 12.3. The Balaban J connectivity index is 1.45. The first-order valence-electron chi connectivity index (χ1n) is 8.76. The summed E-state index contributed by atoms with van der Waals surface area (Å²) in [4.78, 5) is 26.4. The van der Waals surface area contributed by atoms with E-state index in [0.717, 1.165) is 17.3 Å². The van der Waals surface area contributed by atoms with Crippen molar-refractivity contribution in [3.05, 3.63) is 63.5 Å². The Kier molecular flexibility index (Phi) is 6.74. The molecular weight excluding hydrogens is 432 g/mol. The number of piperidine rings is 1. The van der Waals surface area contributed by atoms with Gasteiger partial charge in [-0.15, -0.1) is 0 Å². The molecule has 1 aromatic carbocycles. The summed E-state index contributed by atoms with van der Waals surface area (Å²) < 4.78 is 6.00. The van der Waals surface area contributed by atoms with E-state index >= 15 is 0 Å². The lowest BCUT2D eigenvalue weighted by Gasteiger charge is -2.31. The normalized spacial score (nSPS) is 15.3. The van der Waals surface area contributed by atoms with Crippen molar-refractivity contribution in [2.24, 2.45) is 5.92 Å². The maximum Gasteiger partial charge on any atom is 0.252 e. The monoisotopic (exact) mass is 450 g/mol. The Bertz CT molecular complexity index is 828. The number of amides is 2. The van der Waals surface area contributed by atoms with Crippen LogP contribution in [0.5, 0.6) is 0 Å². The highest BCUT2D eigenvalue weighted by atomic mass is 79.9. The lowest BCUT2D eigenvalue weighted by atomic mass is 9.96. The molecule has 5 nitrogen and oxygen atoms in total. The van der Waals surface area contributed by atoms with Gasteiger partial charge in [0.15, 0.2) is 0 Å². The Hall–Kier alpha value is -2.05. The van der Waals surface area contributed by atoms with Gasteiger partial charge in [-0.05, 0) is 55.2 Å². The van der Waals surface area contributed by atoms with Crippen molar-refractivity contribution in [1.29, 1.82) is 0 Å². The number of nitrogens with zero attached hydrogens (tertiary/aromatic N) is 1. The minimum atomic E-state index is -0.179. The lowest BCUT2D eigenvalue weighted by Crippen LogP contribution is -2.41. The third-order valence-electron chi connectivity index (χ3n) is 4.58. The molecule has 1 aliphatic heterocycles. The molecule has 1 aliphatic rings. The Morgan fingerprint density at radius 3 is 2.78 bits per heavy atom. The van der Waals surface area contributed by atoms with Crippen molar-refractivity contribution in [2.45, 2.75) is 12.8 Å². The van der Waals surface area contributed by atoms with E-state index in [-0.39, 0.29) is 11.8 Å². The van der Waals surface area contributed by atoms with Crippen molar-refractivity contribution in [3.63, 3.8) is 0 Å². The molecule has 0 unspecified atom stereocenters. The van der Waals surface area contributed by atoms with E-state index in [1.807, 2.05) is 4.90 Å². The zero-order valence-electron chi connectivity index (χ0n) is 14.7. The van der Waals surface area contributed by atoms with Gasteiger partial charge in [0.2, 0.25) is 5.91 Å². The van der Waals surface area contributed by atoms with Crippen LogP contribution in [0.25, 0.3) is 6.08 Å². The van der Waals surface area contributed by atoms with Gasteiger partial charge in [-0.3, -0.25) is 9.59 Å². The van der Waals surface area contributed by atoms with Gasteiger partial charge in [-0.25, -0.2) is 0 Å². The molecule has 2 amide bonds. The summed E-state index contributed by atoms with van der Waals surface area (Å²) in [6, 6.07) is 8.79. The largest absolute Gasteiger partial charge is 0.465 e. The lowest BCUT2D eigenvalue weighted by molar-refractivity contribution is -0.127. The molecule has 2 aromatic rings. The minimum absolute atomic E-state index is 0.0187. The Labute approximate surface area is 171 Å². The Morgan fingerprint density at radius 2 is 2.07 bits per heavy atom. The molecule has 142 valence electrons. The quantitative estimate of drug-likeness (QED) is 0.686. The molecule has 1 aromatic heterocycles. The average Bonchev–Trinajstić information content (AvgIpc) is 3.20. The van der Waals surface area contributed by atoms with E-state index in [1.54, 1.807) is 42.7 Å². The van der Waals surface area contributed by atoms with Crippen molar-refractivity contribution in [1.82, 2.24) is 10.2 Å². The van der Waals surface area contributed by atoms with Gasteiger partial charge in [0.05, 0.1) is 16.8 Å². The number of benzene rings is 1. The van der Waals surface area contributed by atoms with E-state index in [1.165, 1.54) is 6.08 Å². The molecule has 0 aliphatic carbocycles. The fourth-order valence-electron chi connectivity index (χ4n) is 3.01. The van der Waals surface area contributed by atoms with Crippen LogP contribution < -0.4 is 5.32 Å². The van der Waals surface area contributed by atoms with Gasteiger partial charge in [0.1, 0.15) is 5.76 Å². The molecule has 3 rings (SSSR count). The van der Waals surface area contributed by atoms with Gasteiger partial charge >= 0.3 is 0 Å². The summed E-state index contributed by atoms with van der Waals surface area (Å²) in [5, 5.41) is 3.38. The van der Waals surface area contributed by atoms with Crippen molar-refractivity contribution in [3.8, 4) is 0 Å². The number of nitrogens with one attached hydrogen (secondary N) is 1. The molecule has 0 atom stereocenters. The molecule has 1 saturated heterocycles. The highest BCUT2D eigenvalue weighted by Crippen LogP contribution is 2.22. The summed E-state index contributed by atoms with van der Waals surface area (Å²) in [7, 11) is 0. The molecule has 2 heterocycles. The molecule has 0 saturated carbocycles. The second-order valence-corrected chi connectivity index (χ2v) is 7.77. The van der Waals surface area contributed by atoms with E-state index in [4.69, 9.17) is 16.0 Å². The van der Waals surface area contributed by atoms with Crippen LogP contribution in [0.15, 0.2) is 51.6 Å². The minimum Gasteiger partial charge on any atom is -0.465 e. The molecular formula is C20H20BrClN2O3. The van der Waals surface area contributed by atoms with Crippen LogP contribution in [-0.2, 0) is 4.79 Å². The molecule has 27 heavy (non-hydrogen) atoms. The van der Waals surface area contributed by atoms with Gasteiger partial charge < -0.3 is 14.6 Å². The van der Waals surface area contributed by atoms with Crippen LogP contribution >= 0.6 is 27.5 Å². The summed E-state index contributed by atoms with van der Waals surface area (Å²) in [6.45, 7) is 1.94. The number of likely N-dealkylation sites (tertiary alicyclic amines) is 1. The number of rotatable bonds is 5. The zero-order chi connectivity index (χ0) is 19.2. The van der Waals surface area contributed by atoms with Crippen LogP contribution in [0.2, 0.25) is 5.02 Å². The van der Waals surface area contributed by atoms with E-state index in [9.17, 15) is 9.59 Å². The van der Waals surface area contributed by atoms with Crippen LogP contribution in [-0.4, -0.2) is 36.3 Å². The standard InChI is InChI=1S/C20H20BrClN2O3/c21-15-3-5-18(22)17(12-15)20(26)23-13-14-7-9-24(10-8-14)19(25)6-4-16-2-1-11-27-16/h1-6,11-12,14H,7-10,13H2,(H,23,26)/b6-4+. The number of hydrogen-bond donors (Lipinski definition) is 1. The Morgan fingerprint density at radius 1 is 1.30 bits per heavy atom. The van der Waals surface area contributed by atoms with Crippen molar-refractivity contribution < 1.29 is 14.0 Å². The average molecular weight is 452 g/mol. The van der Waals surface area contributed by atoms with E-state index < -0.39 is 0 Å². The highest BCUT2D eigenvalue weighted by molar-refractivity contribution is 9.10. The van der Waals surface area contributed by atoms with Gasteiger partial charge in [0, 0.05) is 30.2 Å². The number of halogens is 2. The molecule has 7 heteroatoms. The fourth-order valence-corrected chi connectivity index (χ4v) is 3.57. The topological polar surface area (TPSA) is 62.6 Å². The first-order valence-corrected chi connectivity index (χ1v) is 9.94. The first-order chi connectivity index (χ1) is 13.0. The molecule has 0 bridgehead atoms. The summed E-state index contributed by atoms with van der Waals surface area (Å²) in [5.41, 5.74) is 0.460. The molecule has 0 radical (unpaired) electrons. The number of hydrogen-bond acceptors (Lipinski definition) is 3. The van der Waals surface area contributed by atoms with E-state index in [0.29, 0.717) is 41.9 Å². The highest BCUT2D eigenvalue weighted by Gasteiger charge is 2.22. The van der Waals surface area contributed by atoms with Crippen LogP contribution in [0.1, 0.15) is 29.0 Å². The van der Waals surface area contributed by atoms with Crippen molar-refractivity contribution >= 4 is 45.4 Å². The van der Waals surface area contributed by atoms with Gasteiger partial charge in [-0.2, -0.15) is 0 Å². The molecule has 0 spiro atoms. The van der Waals surface area contributed by atoms with Crippen LogP contribution in [0.4, 0.5) is 0 Å². The zero-order valence-corrected chi connectivity index (χ0v) is 17.0. The second-order valence-electron chi connectivity index (χ2n) is 6.45. The van der Waals surface area contributed by atoms with Crippen LogP contribution in [0, 0.1) is 5.92 Å². The third kappa shape index (κ3) is 5.47. The number of carbonyl (C=O) groups excluding carboxylic acids is 2. The summed E-state index contributed by atoms with van der Waals surface area (Å²) >= 11 is 9.44. The number of carbonyl (C=O) groups is 2. The third-order valence-corrected chi connectivity index (χ3v) is 5.41. The van der Waals surface area contributed by atoms with Crippen molar-refractivity contribution in [2.75, 3.05) is 19.6 Å². The summed E-state index contributed by atoms with van der Waals surface area (Å²) in [6.07, 6.45) is 6.50. The van der Waals surface area contributed by atoms with Gasteiger partial charge in [-0.1, -0.05) is 27.5 Å². The summed E-state index contributed by atoms with van der Waals surface area (Å²) in [5.74, 6) is 0.807. The molecule has 1 fully saturated rings. The second kappa shape index (κ2) is 9.24. The van der Waals surface area contributed by atoms with Gasteiger partial charge in [0.25, 0.3) is 5.91 Å². The van der Waals surface area contributed by atoms with E-state index in [2.05, 4.69) is 21.2 Å². The number of furan rings is 1. The predicted molar refractivity (Wildman–Crippen MR) is 109 cm³/mol. The first kappa shape index (κ1) is 19.7. The predicted octanol–water partition coefficient (Wildman–Crippen LogP) is 4.38. The van der Waals surface area contributed by atoms with Crippen LogP contribution in [0.3, 0.4) is 0 Å². The maximum atomic E-state index is 12.3. The molecule has 1 N–H and O–H groups in total. The SMILES string of the molecule is O=C(NCC1CCN(C(=O)/C=C/c2ccco2)CC1)c1cc(Br)ccc1Cl. The fraction of sp³-hybridized carbons (Fsp3) is 0.300. The smallest absolute Gasteiger partial charge is 0.252 e.